The fourth-order valence-electron chi connectivity index (χ4n) is 3.22. The molecule has 2 heterocycles. The molecule has 1 atom stereocenters. The Morgan fingerprint density at radius 1 is 1.21 bits per heavy atom. The number of amides is 1. The number of nitrogens with zero attached hydrogens (tertiary/aromatic N) is 3. The highest BCUT2D eigenvalue weighted by atomic mass is 127. The zero-order chi connectivity index (χ0) is 19.8. The van der Waals surface area contributed by atoms with E-state index in [4.69, 9.17) is 14.5 Å². The predicted octanol–water partition coefficient (Wildman–Crippen LogP) is 1.81. The maximum absolute atomic E-state index is 12.9. The van der Waals surface area contributed by atoms with Gasteiger partial charge in [0.25, 0.3) is 5.91 Å². The van der Waals surface area contributed by atoms with E-state index in [2.05, 4.69) is 33.0 Å². The number of benzene rings is 2. The average molecular weight is 508 g/mol. The molecule has 144 valence electrons. The van der Waals surface area contributed by atoms with E-state index >= 15 is 0 Å². The number of amidine groups is 1. The molecule has 28 heavy (non-hydrogen) atoms. The first kappa shape index (κ1) is 19.1. The lowest BCUT2D eigenvalue weighted by Gasteiger charge is -2.34. The molecule has 2 aromatic rings. The largest absolute Gasteiger partial charge is 0.493 e. The molecule has 0 bridgehead atoms. The molecule has 0 spiro atoms. The third-order valence-corrected chi connectivity index (χ3v) is 5.83. The van der Waals surface area contributed by atoms with Crippen molar-refractivity contribution in [2.24, 2.45) is 10.1 Å². The fourth-order valence-corrected chi connectivity index (χ4v) is 4.43. The number of hydrazone groups is 1. The van der Waals surface area contributed by atoms with Crippen LogP contribution in [-0.4, -0.2) is 36.6 Å². The van der Waals surface area contributed by atoms with Gasteiger partial charge >= 0.3 is 0 Å². The molecule has 4 rings (SSSR count). The van der Waals surface area contributed by atoms with Crippen LogP contribution in [0.3, 0.4) is 0 Å². The van der Waals surface area contributed by atoms with Gasteiger partial charge in [-0.3, -0.25) is 15.1 Å². The third kappa shape index (κ3) is 3.12. The van der Waals surface area contributed by atoms with E-state index in [1.807, 2.05) is 42.7 Å². The second-order valence-corrected chi connectivity index (χ2v) is 7.97. The topological polar surface area (TPSA) is 75.5 Å². The van der Waals surface area contributed by atoms with Gasteiger partial charge in [-0.2, -0.15) is 0 Å². The SMILES string of the molecule is COc1cc([C@H]2N=c3ccccc3=C3C(=O)NC(SC)=NN32)cc(I)c1OC. The molecule has 0 unspecified atom stereocenters. The highest BCUT2D eigenvalue weighted by molar-refractivity contribution is 14.1. The Morgan fingerprint density at radius 2 is 2.00 bits per heavy atom. The van der Waals surface area contributed by atoms with Crippen molar-refractivity contribution in [3.8, 4) is 11.5 Å². The number of methoxy groups -OCH3 is 2. The highest BCUT2D eigenvalue weighted by Gasteiger charge is 2.34. The van der Waals surface area contributed by atoms with E-state index in [1.54, 1.807) is 19.2 Å². The summed E-state index contributed by atoms with van der Waals surface area (Å²) in [5.41, 5.74) is 1.34. The highest BCUT2D eigenvalue weighted by Crippen LogP contribution is 2.38. The van der Waals surface area contributed by atoms with Gasteiger partial charge in [-0.05, 0) is 47.0 Å². The standard InChI is InChI=1S/C19H17IN4O3S/c1-26-14-9-10(8-12(20)16(14)27-2)17-21-13-7-5-4-6-11(13)15-18(25)22-19(28-3)23-24(15)17/h4-9,17H,1-3H3,(H,22,23,25)/t17-/m0/s1. The molecule has 1 amide bonds. The second-order valence-electron chi connectivity index (χ2n) is 6.01. The lowest BCUT2D eigenvalue weighted by molar-refractivity contribution is -0.116. The molecule has 0 fully saturated rings. The number of halogens is 1. The Labute approximate surface area is 179 Å². The van der Waals surface area contributed by atoms with Gasteiger partial charge in [0.15, 0.2) is 22.8 Å². The van der Waals surface area contributed by atoms with Gasteiger partial charge in [0.1, 0.15) is 5.70 Å². The molecule has 0 radical (unpaired) electrons. The lowest BCUT2D eigenvalue weighted by Crippen LogP contribution is -2.50. The van der Waals surface area contributed by atoms with E-state index < -0.39 is 6.17 Å². The van der Waals surface area contributed by atoms with Crippen LogP contribution < -0.4 is 25.4 Å². The van der Waals surface area contributed by atoms with Gasteiger partial charge in [0.05, 0.1) is 23.1 Å². The molecule has 0 saturated heterocycles. The van der Waals surface area contributed by atoms with Crippen molar-refractivity contribution in [3.05, 3.63) is 56.1 Å². The zero-order valence-electron chi connectivity index (χ0n) is 15.4. The summed E-state index contributed by atoms with van der Waals surface area (Å²) in [6.45, 7) is 0. The average Bonchev–Trinajstić information content (AvgIpc) is 2.71. The fraction of sp³-hybridized carbons (Fsp3) is 0.211. The predicted molar refractivity (Wildman–Crippen MR) is 117 cm³/mol. The normalized spacial score (nSPS) is 17.8. The van der Waals surface area contributed by atoms with Crippen molar-refractivity contribution in [1.82, 2.24) is 10.3 Å². The summed E-state index contributed by atoms with van der Waals surface area (Å²) in [6, 6.07) is 11.4. The number of rotatable bonds is 3. The van der Waals surface area contributed by atoms with Crippen LogP contribution in [0.2, 0.25) is 0 Å². The van der Waals surface area contributed by atoms with E-state index in [0.29, 0.717) is 22.4 Å². The van der Waals surface area contributed by atoms with Crippen molar-refractivity contribution in [2.75, 3.05) is 20.5 Å². The van der Waals surface area contributed by atoms with Crippen molar-refractivity contribution in [1.29, 1.82) is 0 Å². The summed E-state index contributed by atoms with van der Waals surface area (Å²) < 4.78 is 11.8. The summed E-state index contributed by atoms with van der Waals surface area (Å²) in [5.74, 6) is 1.08. The smallest absolute Gasteiger partial charge is 0.276 e. The molecule has 1 N–H and O–H groups in total. The van der Waals surface area contributed by atoms with Crippen molar-refractivity contribution >= 4 is 51.1 Å². The van der Waals surface area contributed by atoms with Crippen molar-refractivity contribution in [2.45, 2.75) is 6.17 Å². The van der Waals surface area contributed by atoms with E-state index in [-0.39, 0.29) is 5.91 Å². The summed E-state index contributed by atoms with van der Waals surface area (Å²) in [5, 5.41) is 11.2. The number of carbonyl (C=O) groups is 1. The van der Waals surface area contributed by atoms with E-state index in [0.717, 1.165) is 19.7 Å². The second kappa shape index (κ2) is 7.63. The summed E-state index contributed by atoms with van der Waals surface area (Å²) in [7, 11) is 3.21. The minimum absolute atomic E-state index is 0.193. The molecular formula is C19H17IN4O3S. The van der Waals surface area contributed by atoms with Crippen molar-refractivity contribution < 1.29 is 14.3 Å². The van der Waals surface area contributed by atoms with Crippen LogP contribution in [-0.2, 0) is 4.79 Å². The van der Waals surface area contributed by atoms with Gasteiger partial charge in [-0.1, -0.05) is 30.0 Å². The number of fused-ring (bicyclic) bond motifs is 2. The molecule has 2 aliphatic rings. The Balaban J connectivity index is 1.97. The molecule has 0 aliphatic carbocycles. The van der Waals surface area contributed by atoms with Crippen LogP contribution >= 0.6 is 34.4 Å². The minimum atomic E-state index is -0.494. The number of para-hydroxylation sites is 1. The van der Waals surface area contributed by atoms with Crippen LogP contribution in [0, 0.1) is 3.57 Å². The molecule has 2 aliphatic heterocycles. The zero-order valence-corrected chi connectivity index (χ0v) is 18.4. The quantitative estimate of drug-likeness (QED) is 0.641. The first-order valence-corrected chi connectivity index (χ1v) is 10.7. The van der Waals surface area contributed by atoms with Crippen LogP contribution in [0.4, 0.5) is 0 Å². The Morgan fingerprint density at radius 3 is 2.71 bits per heavy atom. The number of ether oxygens (including phenoxy) is 2. The lowest BCUT2D eigenvalue weighted by atomic mass is 10.1. The van der Waals surface area contributed by atoms with Gasteiger partial charge < -0.3 is 9.47 Å². The van der Waals surface area contributed by atoms with Crippen LogP contribution in [0.5, 0.6) is 11.5 Å². The minimum Gasteiger partial charge on any atom is -0.493 e. The number of hydrogen-bond donors (Lipinski definition) is 1. The molecule has 0 aromatic heterocycles. The first-order chi connectivity index (χ1) is 13.6. The molecule has 9 heteroatoms. The summed E-state index contributed by atoms with van der Waals surface area (Å²) >= 11 is 3.58. The Kier molecular flexibility index (Phi) is 5.19. The van der Waals surface area contributed by atoms with Crippen LogP contribution in [0.25, 0.3) is 5.70 Å². The third-order valence-electron chi connectivity index (χ3n) is 4.46. The molecular weight excluding hydrogens is 491 g/mol. The van der Waals surface area contributed by atoms with Gasteiger partial charge in [0, 0.05) is 10.8 Å². The molecule has 2 aromatic carbocycles. The Hall–Kier alpha value is -2.27. The summed E-state index contributed by atoms with van der Waals surface area (Å²) in [4.78, 5) is 17.7. The van der Waals surface area contributed by atoms with Gasteiger partial charge in [0.2, 0.25) is 0 Å². The van der Waals surface area contributed by atoms with Gasteiger partial charge in [-0.25, -0.2) is 5.01 Å². The number of thioether (sulfide) groups is 1. The maximum Gasteiger partial charge on any atom is 0.276 e. The van der Waals surface area contributed by atoms with E-state index in [1.165, 1.54) is 11.8 Å². The van der Waals surface area contributed by atoms with Crippen LogP contribution in [0.15, 0.2) is 46.5 Å². The molecule has 7 nitrogen and oxygen atoms in total. The number of hydrogen-bond acceptors (Lipinski definition) is 7. The molecule has 0 saturated carbocycles. The first-order valence-electron chi connectivity index (χ1n) is 8.39. The van der Waals surface area contributed by atoms with Crippen LogP contribution in [0.1, 0.15) is 11.7 Å². The van der Waals surface area contributed by atoms with Gasteiger partial charge in [-0.15, -0.1) is 5.10 Å². The Bertz CT molecular complexity index is 1120. The van der Waals surface area contributed by atoms with Crippen molar-refractivity contribution in [3.63, 3.8) is 0 Å². The number of nitrogens with one attached hydrogen (secondary N) is 1. The maximum atomic E-state index is 12.9. The number of carbonyl (C=O) groups excluding carboxylic acids is 1. The summed E-state index contributed by atoms with van der Waals surface area (Å²) in [6.07, 6.45) is 1.37. The van der Waals surface area contributed by atoms with E-state index in [9.17, 15) is 4.79 Å². The monoisotopic (exact) mass is 508 g/mol.